The number of fused-ring (bicyclic) bond motifs is 1. The molecular weight excluding hydrogens is 566 g/mol. The van der Waals surface area contributed by atoms with E-state index in [0.717, 1.165) is 67.3 Å². The number of nitriles is 1. The summed E-state index contributed by atoms with van der Waals surface area (Å²) >= 11 is 1.02. The predicted molar refractivity (Wildman–Crippen MR) is 147 cm³/mol. The highest BCUT2D eigenvalue weighted by Gasteiger charge is 2.52. The van der Waals surface area contributed by atoms with Crippen molar-refractivity contribution in [2.45, 2.75) is 88.3 Å². The molecule has 0 bridgehead atoms. The maximum absolute atomic E-state index is 12.2. The molecule has 222 valence electrons. The highest BCUT2D eigenvalue weighted by Crippen LogP contribution is 2.42. The van der Waals surface area contributed by atoms with Gasteiger partial charge in [0.25, 0.3) is 0 Å². The maximum Gasteiger partial charge on any atom is 0.303 e. The minimum absolute atomic E-state index is 0.305. The second-order valence-corrected chi connectivity index (χ2v) is 10.9. The second kappa shape index (κ2) is 13.8. The molecule has 0 N–H and O–H groups in total. The molecule has 1 aliphatic carbocycles. The number of aryl methyl sites for hydroxylation is 1. The van der Waals surface area contributed by atoms with E-state index in [9.17, 15) is 24.4 Å². The molecule has 0 unspecified atom stereocenters. The molecule has 1 aliphatic heterocycles. The third-order valence-corrected chi connectivity index (χ3v) is 7.83. The molecule has 0 radical (unpaired) electrons. The number of pyridine rings is 2. The van der Waals surface area contributed by atoms with Crippen molar-refractivity contribution < 1.29 is 42.9 Å². The zero-order valence-electron chi connectivity index (χ0n) is 23.7. The third-order valence-electron chi connectivity index (χ3n) is 6.70. The first kappa shape index (κ1) is 30.9. The normalized spacial score (nSPS) is 23.1. The molecule has 42 heavy (non-hydrogen) atoms. The summed E-state index contributed by atoms with van der Waals surface area (Å²) in [6.07, 6.45) is 1.71. The molecule has 1 fully saturated rings. The molecule has 4 rings (SSSR count). The lowest BCUT2D eigenvalue weighted by atomic mass is 9.87. The molecule has 1 saturated heterocycles. The van der Waals surface area contributed by atoms with E-state index in [1.807, 2.05) is 12.1 Å². The summed E-state index contributed by atoms with van der Waals surface area (Å²) in [6.45, 7) is 4.36. The van der Waals surface area contributed by atoms with Gasteiger partial charge in [-0.25, -0.2) is 4.98 Å². The molecule has 0 aromatic carbocycles. The Morgan fingerprint density at radius 2 is 1.55 bits per heavy atom. The molecule has 3 heterocycles. The van der Waals surface area contributed by atoms with Crippen LogP contribution in [0.5, 0.6) is 0 Å². The Morgan fingerprint density at radius 1 is 0.929 bits per heavy atom. The minimum Gasteiger partial charge on any atom is -0.463 e. The van der Waals surface area contributed by atoms with Gasteiger partial charge >= 0.3 is 23.9 Å². The van der Waals surface area contributed by atoms with Gasteiger partial charge in [-0.3, -0.25) is 24.2 Å². The van der Waals surface area contributed by atoms with E-state index in [4.69, 9.17) is 28.7 Å². The fourth-order valence-corrected chi connectivity index (χ4v) is 6.33. The number of thioether (sulfide) groups is 1. The Hall–Kier alpha value is -4.02. The second-order valence-electron chi connectivity index (χ2n) is 9.83. The van der Waals surface area contributed by atoms with Crippen LogP contribution in [0, 0.1) is 11.3 Å². The first-order chi connectivity index (χ1) is 20.1. The molecule has 2 aliphatic rings. The number of esters is 4. The SMILES string of the molecule is CC(=O)OC[C@H]1O[C@@H](Sc2nc3c(c(-c4ccncc4)c2C#N)CCCC3)[C@H](OC(C)=O)[C@@H](OC(C)=O)[C@@H]1OC(C)=O. The van der Waals surface area contributed by atoms with Crippen molar-refractivity contribution in [3.05, 3.63) is 41.3 Å². The van der Waals surface area contributed by atoms with Gasteiger partial charge in [0.2, 0.25) is 0 Å². The van der Waals surface area contributed by atoms with Gasteiger partial charge < -0.3 is 23.7 Å². The van der Waals surface area contributed by atoms with Crippen LogP contribution in [0.15, 0.2) is 29.6 Å². The third kappa shape index (κ3) is 7.24. The van der Waals surface area contributed by atoms with E-state index in [1.165, 1.54) is 13.8 Å². The molecule has 12 nitrogen and oxygen atoms in total. The lowest BCUT2D eigenvalue weighted by Crippen LogP contribution is -2.61. The Balaban J connectivity index is 1.83. The summed E-state index contributed by atoms with van der Waals surface area (Å²) in [4.78, 5) is 57.1. The highest BCUT2D eigenvalue weighted by molar-refractivity contribution is 7.99. The number of carbonyl (C=O) groups excluding carboxylic acids is 4. The van der Waals surface area contributed by atoms with Gasteiger partial charge in [0.05, 0.1) is 5.56 Å². The van der Waals surface area contributed by atoms with E-state index in [2.05, 4.69) is 11.1 Å². The zero-order valence-corrected chi connectivity index (χ0v) is 24.5. The van der Waals surface area contributed by atoms with Gasteiger partial charge in [0.1, 0.15) is 23.8 Å². The van der Waals surface area contributed by atoms with Crippen LogP contribution < -0.4 is 0 Å². The molecule has 5 atom stereocenters. The lowest BCUT2D eigenvalue weighted by molar-refractivity contribution is -0.237. The molecule has 0 amide bonds. The van der Waals surface area contributed by atoms with Gasteiger partial charge in [-0.1, -0.05) is 11.8 Å². The lowest BCUT2D eigenvalue weighted by Gasteiger charge is -2.44. The Labute approximate surface area is 247 Å². The van der Waals surface area contributed by atoms with Crippen LogP contribution >= 0.6 is 11.8 Å². The number of hydrogen-bond donors (Lipinski definition) is 0. The molecule has 2 aromatic heterocycles. The number of hydrogen-bond acceptors (Lipinski definition) is 13. The van der Waals surface area contributed by atoms with Crippen molar-refractivity contribution in [3.63, 3.8) is 0 Å². The minimum atomic E-state index is -1.31. The van der Waals surface area contributed by atoms with Crippen molar-refractivity contribution in [1.29, 1.82) is 5.26 Å². The first-order valence-electron chi connectivity index (χ1n) is 13.4. The molecule has 2 aromatic rings. The summed E-state index contributed by atoms with van der Waals surface area (Å²) in [5.74, 6) is -2.76. The van der Waals surface area contributed by atoms with Crippen LogP contribution in [-0.2, 0) is 55.7 Å². The van der Waals surface area contributed by atoms with E-state index in [-0.39, 0.29) is 6.61 Å². The first-order valence-corrected chi connectivity index (χ1v) is 14.3. The van der Waals surface area contributed by atoms with Crippen LogP contribution in [0.25, 0.3) is 11.1 Å². The summed E-state index contributed by atoms with van der Waals surface area (Å²) in [7, 11) is 0. The highest BCUT2D eigenvalue weighted by atomic mass is 32.2. The number of nitrogens with zero attached hydrogens (tertiary/aromatic N) is 3. The van der Waals surface area contributed by atoms with Gasteiger partial charge in [-0.2, -0.15) is 5.26 Å². The fourth-order valence-electron chi connectivity index (χ4n) is 5.14. The van der Waals surface area contributed by atoms with Gasteiger partial charge in [-0.05, 0) is 48.9 Å². The number of carbonyl (C=O) groups is 4. The molecular formula is C29H31N3O9S. The van der Waals surface area contributed by atoms with E-state index < -0.39 is 53.7 Å². The predicted octanol–water partition coefficient (Wildman–Crippen LogP) is 3.07. The summed E-state index contributed by atoms with van der Waals surface area (Å²) in [5, 5.41) is 10.7. The summed E-state index contributed by atoms with van der Waals surface area (Å²) in [5.41, 5.74) is 2.61. The van der Waals surface area contributed by atoms with Gasteiger partial charge in [-0.15, -0.1) is 0 Å². The van der Waals surface area contributed by atoms with E-state index in [1.54, 1.807) is 12.4 Å². The average Bonchev–Trinajstić information content (AvgIpc) is 2.94. The molecule has 0 saturated carbocycles. The standard InChI is InChI=1S/C29H31N3O9S/c1-15(33)37-14-23-25(38-16(2)34)26(39-17(3)35)27(40-18(4)36)29(41-23)42-28-21(13-30)24(19-9-11-31-12-10-19)20-7-5-6-8-22(20)32-28/h9-12,23,25-27,29H,5-8,14H2,1-4H3/t23-,25-,26+,27-,29+/m1/s1. The van der Waals surface area contributed by atoms with Crippen LogP contribution in [0.1, 0.15) is 57.4 Å². The van der Waals surface area contributed by atoms with Gasteiger partial charge in [0.15, 0.2) is 23.7 Å². The Bertz CT molecular complexity index is 1390. The zero-order chi connectivity index (χ0) is 30.4. The van der Waals surface area contributed by atoms with Crippen LogP contribution in [0.2, 0.25) is 0 Å². The van der Waals surface area contributed by atoms with E-state index in [0.29, 0.717) is 17.0 Å². The van der Waals surface area contributed by atoms with Gasteiger partial charge in [0, 0.05) is 51.3 Å². The van der Waals surface area contributed by atoms with Crippen molar-refractivity contribution in [3.8, 4) is 17.2 Å². The smallest absolute Gasteiger partial charge is 0.303 e. The Kier molecular flexibility index (Phi) is 10.1. The fraction of sp³-hybridized carbons (Fsp3) is 0.483. The van der Waals surface area contributed by atoms with Crippen molar-refractivity contribution in [1.82, 2.24) is 9.97 Å². The van der Waals surface area contributed by atoms with Crippen LogP contribution in [0.4, 0.5) is 0 Å². The Morgan fingerprint density at radius 3 is 2.17 bits per heavy atom. The van der Waals surface area contributed by atoms with Crippen molar-refractivity contribution >= 4 is 35.6 Å². The average molecular weight is 598 g/mol. The van der Waals surface area contributed by atoms with Crippen LogP contribution in [0.3, 0.4) is 0 Å². The molecule has 13 heteroatoms. The number of ether oxygens (including phenoxy) is 5. The van der Waals surface area contributed by atoms with Crippen LogP contribution in [-0.4, -0.2) is 70.3 Å². The van der Waals surface area contributed by atoms with Crippen molar-refractivity contribution in [2.75, 3.05) is 6.61 Å². The number of rotatable bonds is 8. The maximum atomic E-state index is 12.2. The quantitative estimate of drug-likeness (QED) is 0.322. The number of aromatic nitrogens is 2. The monoisotopic (exact) mass is 597 g/mol. The summed E-state index contributed by atoms with van der Waals surface area (Å²) < 4.78 is 28.0. The van der Waals surface area contributed by atoms with Crippen molar-refractivity contribution in [2.24, 2.45) is 0 Å². The largest absolute Gasteiger partial charge is 0.463 e. The molecule has 0 spiro atoms. The van der Waals surface area contributed by atoms with E-state index >= 15 is 0 Å². The topological polar surface area (TPSA) is 164 Å². The summed E-state index contributed by atoms with van der Waals surface area (Å²) in [6, 6.07) is 5.95.